The van der Waals surface area contributed by atoms with Gasteiger partial charge in [-0.2, -0.15) is 0 Å². The summed E-state index contributed by atoms with van der Waals surface area (Å²) in [6.45, 7) is 4.08. The average molecular weight is 365 g/mol. The van der Waals surface area contributed by atoms with Crippen molar-refractivity contribution in [2.24, 2.45) is 5.92 Å². The third kappa shape index (κ3) is 3.65. The lowest BCUT2D eigenvalue weighted by molar-refractivity contribution is -0.150. The Hall–Kier alpha value is -0.780. The summed E-state index contributed by atoms with van der Waals surface area (Å²) in [5.41, 5.74) is -0.186. The number of carbonyl (C=O) groups is 1. The van der Waals surface area contributed by atoms with Crippen LogP contribution in [-0.4, -0.2) is 32.3 Å². The maximum absolute atomic E-state index is 12.2. The van der Waals surface area contributed by atoms with Crippen LogP contribution in [0.25, 0.3) is 0 Å². The number of carbonyl (C=O) groups excluding carboxylic acids is 1. The summed E-state index contributed by atoms with van der Waals surface area (Å²) in [5, 5.41) is 3.83. The highest BCUT2D eigenvalue weighted by Gasteiger charge is 2.43. The standard InChI is InChI=1S/C14H19BrClNO3/c1-9(2)14(8-19-3,13(18)20-4)17-10-5-6-12(16)11(15)7-10/h5-7,9,17H,8H2,1-4H3. The molecule has 0 aromatic heterocycles. The Kier molecular flexibility index (Phi) is 6.30. The molecule has 0 fully saturated rings. The molecule has 1 unspecified atom stereocenters. The summed E-state index contributed by atoms with van der Waals surface area (Å²) in [4.78, 5) is 12.2. The van der Waals surface area contributed by atoms with Crippen molar-refractivity contribution in [2.45, 2.75) is 19.4 Å². The fourth-order valence-corrected chi connectivity index (χ4v) is 2.43. The van der Waals surface area contributed by atoms with Crippen LogP contribution < -0.4 is 5.32 Å². The van der Waals surface area contributed by atoms with Gasteiger partial charge >= 0.3 is 5.97 Å². The SMILES string of the molecule is COCC(Nc1ccc(Cl)c(Br)c1)(C(=O)OC)C(C)C. The van der Waals surface area contributed by atoms with Gasteiger partial charge in [-0.15, -0.1) is 0 Å². The minimum atomic E-state index is -0.948. The van der Waals surface area contributed by atoms with Gasteiger partial charge in [0.05, 0.1) is 18.7 Å². The summed E-state index contributed by atoms with van der Waals surface area (Å²) in [6.07, 6.45) is 0. The molecular formula is C14H19BrClNO3. The van der Waals surface area contributed by atoms with Crippen molar-refractivity contribution in [3.8, 4) is 0 Å². The Morgan fingerprint density at radius 1 is 1.45 bits per heavy atom. The molecule has 1 aromatic rings. The Morgan fingerprint density at radius 3 is 2.55 bits per heavy atom. The molecule has 1 N–H and O–H groups in total. The van der Waals surface area contributed by atoms with Crippen molar-refractivity contribution >= 4 is 39.2 Å². The number of esters is 1. The van der Waals surface area contributed by atoms with Crippen LogP contribution in [0.15, 0.2) is 22.7 Å². The molecule has 6 heteroatoms. The lowest BCUT2D eigenvalue weighted by Gasteiger charge is -2.35. The fraction of sp³-hybridized carbons (Fsp3) is 0.500. The minimum absolute atomic E-state index is 0.0237. The predicted octanol–water partition coefficient (Wildman–Crippen LogP) is 3.73. The summed E-state index contributed by atoms with van der Waals surface area (Å²) in [5.74, 6) is -0.384. The lowest BCUT2D eigenvalue weighted by atomic mass is 9.86. The first-order chi connectivity index (χ1) is 9.37. The van der Waals surface area contributed by atoms with Gasteiger partial charge in [0.15, 0.2) is 5.54 Å². The van der Waals surface area contributed by atoms with E-state index in [2.05, 4.69) is 21.2 Å². The summed E-state index contributed by atoms with van der Waals surface area (Å²) in [6, 6.07) is 5.38. The molecule has 1 rings (SSSR count). The van der Waals surface area contributed by atoms with E-state index in [0.717, 1.165) is 10.2 Å². The highest BCUT2D eigenvalue weighted by Crippen LogP contribution is 2.30. The number of nitrogens with one attached hydrogen (secondary N) is 1. The van der Waals surface area contributed by atoms with Gasteiger partial charge in [-0.1, -0.05) is 25.4 Å². The molecular weight excluding hydrogens is 346 g/mol. The van der Waals surface area contributed by atoms with Crippen LogP contribution in [0.2, 0.25) is 5.02 Å². The van der Waals surface area contributed by atoms with Gasteiger partial charge in [-0.05, 0) is 40.0 Å². The van der Waals surface area contributed by atoms with Crippen LogP contribution in [0.3, 0.4) is 0 Å². The molecule has 0 aliphatic heterocycles. The second-order valence-electron chi connectivity index (χ2n) is 4.80. The number of ether oxygens (including phenoxy) is 2. The maximum atomic E-state index is 12.2. The molecule has 0 saturated carbocycles. The second-order valence-corrected chi connectivity index (χ2v) is 6.07. The zero-order valence-corrected chi connectivity index (χ0v) is 14.3. The third-order valence-corrected chi connectivity index (χ3v) is 4.41. The highest BCUT2D eigenvalue weighted by molar-refractivity contribution is 9.10. The summed E-state index contributed by atoms with van der Waals surface area (Å²) in [7, 11) is 2.92. The molecule has 4 nitrogen and oxygen atoms in total. The fourth-order valence-electron chi connectivity index (χ4n) is 1.93. The highest BCUT2D eigenvalue weighted by atomic mass is 79.9. The van der Waals surface area contributed by atoms with Crippen molar-refractivity contribution < 1.29 is 14.3 Å². The smallest absolute Gasteiger partial charge is 0.334 e. The summed E-state index contributed by atoms with van der Waals surface area (Å²) >= 11 is 9.34. The first-order valence-corrected chi connectivity index (χ1v) is 7.35. The van der Waals surface area contributed by atoms with E-state index in [4.69, 9.17) is 21.1 Å². The molecule has 0 saturated heterocycles. The molecule has 1 aromatic carbocycles. The number of methoxy groups -OCH3 is 2. The Bertz CT molecular complexity index is 481. The zero-order valence-electron chi connectivity index (χ0n) is 12.0. The second kappa shape index (κ2) is 7.29. The Morgan fingerprint density at radius 2 is 2.10 bits per heavy atom. The number of hydrogen-bond donors (Lipinski definition) is 1. The molecule has 0 bridgehead atoms. The predicted molar refractivity (Wildman–Crippen MR) is 84.2 cm³/mol. The first-order valence-electron chi connectivity index (χ1n) is 6.18. The molecule has 0 amide bonds. The van der Waals surface area contributed by atoms with E-state index in [0.29, 0.717) is 5.02 Å². The van der Waals surface area contributed by atoms with E-state index >= 15 is 0 Å². The average Bonchev–Trinajstić information content (AvgIpc) is 2.41. The zero-order chi connectivity index (χ0) is 15.3. The van der Waals surface area contributed by atoms with Crippen LogP contribution in [0.1, 0.15) is 13.8 Å². The van der Waals surface area contributed by atoms with Crippen LogP contribution in [0.5, 0.6) is 0 Å². The van der Waals surface area contributed by atoms with E-state index in [9.17, 15) is 4.79 Å². The van der Waals surface area contributed by atoms with Gasteiger partial charge < -0.3 is 14.8 Å². The van der Waals surface area contributed by atoms with Crippen LogP contribution in [0, 0.1) is 5.92 Å². The van der Waals surface area contributed by atoms with Gasteiger partial charge in [-0.3, -0.25) is 0 Å². The quantitative estimate of drug-likeness (QED) is 0.781. The van der Waals surface area contributed by atoms with E-state index in [1.165, 1.54) is 7.11 Å². The van der Waals surface area contributed by atoms with Crippen LogP contribution >= 0.6 is 27.5 Å². The van der Waals surface area contributed by atoms with Crippen molar-refractivity contribution in [1.29, 1.82) is 0 Å². The van der Waals surface area contributed by atoms with Crippen LogP contribution in [-0.2, 0) is 14.3 Å². The molecule has 20 heavy (non-hydrogen) atoms. The number of rotatable bonds is 6. The van der Waals surface area contributed by atoms with Crippen molar-refractivity contribution in [1.82, 2.24) is 0 Å². The first kappa shape index (κ1) is 17.3. The normalized spacial score (nSPS) is 13.9. The van der Waals surface area contributed by atoms with E-state index in [-0.39, 0.29) is 18.5 Å². The largest absolute Gasteiger partial charge is 0.467 e. The van der Waals surface area contributed by atoms with E-state index in [1.54, 1.807) is 13.2 Å². The molecule has 0 aliphatic carbocycles. The number of hydrogen-bond acceptors (Lipinski definition) is 4. The molecule has 0 radical (unpaired) electrons. The van der Waals surface area contributed by atoms with Crippen molar-refractivity contribution in [3.05, 3.63) is 27.7 Å². The number of halogens is 2. The lowest BCUT2D eigenvalue weighted by Crippen LogP contribution is -2.55. The topological polar surface area (TPSA) is 47.6 Å². The monoisotopic (exact) mass is 363 g/mol. The Labute approximate surface area is 132 Å². The third-order valence-electron chi connectivity index (χ3n) is 3.19. The number of anilines is 1. The molecule has 0 spiro atoms. The Balaban J connectivity index is 3.16. The van der Waals surface area contributed by atoms with Gasteiger partial charge in [0, 0.05) is 17.3 Å². The summed E-state index contributed by atoms with van der Waals surface area (Å²) < 4.78 is 10.9. The van der Waals surface area contributed by atoms with Gasteiger partial charge in [0.2, 0.25) is 0 Å². The minimum Gasteiger partial charge on any atom is -0.467 e. The van der Waals surface area contributed by atoms with Gasteiger partial charge in [-0.25, -0.2) is 4.79 Å². The van der Waals surface area contributed by atoms with Crippen molar-refractivity contribution in [2.75, 3.05) is 26.1 Å². The van der Waals surface area contributed by atoms with Gasteiger partial charge in [0.1, 0.15) is 0 Å². The maximum Gasteiger partial charge on any atom is 0.334 e. The van der Waals surface area contributed by atoms with E-state index in [1.807, 2.05) is 26.0 Å². The molecule has 112 valence electrons. The number of benzene rings is 1. The molecule has 0 heterocycles. The van der Waals surface area contributed by atoms with Gasteiger partial charge in [0.25, 0.3) is 0 Å². The molecule has 0 aliphatic rings. The molecule has 1 atom stereocenters. The van der Waals surface area contributed by atoms with Crippen molar-refractivity contribution in [3.63, 3.8) is 0 Å². The van der Waals surface area contributed by atoms with E-state index < -0.39 is 5.54 Å². The van der Waals surface area contributed by atoms with Crippen LogP contribution in [0.4, 0.5) is 5.69 Å².